The molecule has 198 valence electrons. The van der Waals surface area contributed by atoms with Crippen molar-refractivity contribution in [3.63, 3.8) is 0 Å². The topological polar surface area (TPSA) is 182 Å². The Morgan fingerprint density at radius 2 is 1.47 bits per heavy atom. The van der Waals surface area contributed by atoms with Crippen molar-refractivity contribution < 1.29 is 30.3 Å². The smallest absolute Gasteiger partial charge is 0.299 e. The highest BCUT2D eigenvalue weighted by molar-refractivity contribution is 7.87. The minimum atomic E-state index is -4.43. The van der Waals surface area contributed by atoms with Crippen molar-refractivity contribution in [1.29, 1.82) is 0 Å². The third-order valence-corrected chi connectivity index (χ3v) is 7.79. The number of hydrogen-bond acceptors (Lipinski definition) is 13. The first kappa shape index (κ1) is 27.0. The van der Waals surface area contributed by atoms with Crippen molar-refractivity contribution >= 4 is 54.0 Å². The van der Waals surface area contributed by atoms with E-state index >= 15 is 0 Å². The van der Waals surface area contributed by atoms with Crippen molar-refractivity contribution in [2.45, 2.75) is 23.6 Å². The Labute approximate surface area is 218 Å². The molecule has 3 aromatic carbocycles. The average molecular weight is 559 g/mol. The van der Waals surface area contributed by atoms with Crippen LogP contribution in [0.1, 0.15) is 11.6 Å². The van der Waals surface area contributed by atoms with Gasteiger partial charge in [0.15, 0.2) is 5.75 Å². The van der Waals surface area contributed by atoms with E-state index in [1.54, 1.807) is 44.2 Å². The van der Waals surface area contributed by atoms with Crippen molar-refractivity contribution in [1.82, 2.24) is 15.0 Å². The number of rotatable bonds is 8. The van der Waals surface area contributed by atoms with Crippen LogP contribution in [0.3, 0.4) is 0 Å². The normalized spacial score (nSPS) is 12.3. The Hall–Kier alpha value is -4.05. The summed E-state index contributed by atoms with van der Waals surface area (Å²) in [6, 6.07) is 11.9. The molecule has 0 aliphatic heterocycles. The summed E-state index contributed by atoms with van der Waals surface area (Å²) >= 11 is 0. The van der Waals surface area contributed by atoms with Crippen molar-refractivity contribution in [2.24, 2.45) is 10.2 Å². The van der Waals surface area contributed by atoms with Crippen LogP contribution in [-0.2, 0) is 28.6 Å². The maximum absolute atomic E-state index is 12.8. The number of benzene rings is 3. The number of fused-ring (bicyclic) bond motifs is 1. The Morgan fingerprint density at radius 3 is 2.08 bits per heavy atom. The van der Waals surface area contributed by atoms with Crippen LogP contribution >= 0.6 is 0 Å². The van der Waals surface area contributed by atoms with Crippen molar-refractivity contribution in [3.05, 3.63) is 60.2 Å². The second-order valence-corrected chi connectivity index (χ2v) is 11.2. The fourth-order valence-electron chi connectivity index (χ4n) is 3.57. The third-order valence-electron chi connectivity index (χ3n) is 5.25. The molecule has 0 aliphatic rings. The fourth-order valence-corrected chi connectivity index (χ4v) is 5.12. The molecule has 38 heavy (non-hydrogen) atoms. The second-order valence-electron chi connectivity index (χ2n) is 7.80. The summed E-state index contributed by atoms with van der Waals surface area (Å²) in [4.78, 5) is 11.6. The van der Waals surface area contributed by atoms with Gasteiger partial charge in [0.2, 0.25) is 5.95 Å². The maximum atomic E-state index is 12.8. The van der Waals surface area contributed by atoms with Crippen LogP contribution in [0.4, 0.5) is 23.0 Å². The minimum absolute atomic E-state index is 0.0138. The summed E-state index contributed by atoms with van der Waals surface area (Å²) in [5.41, 5.74) is -0.00135. The largest absolute Gasteiger partial charge is 0.505 e. The number of anilines is 2. The minimum Gasteiger partial charge on any atom is -0.505 e. The number of azo groups is 1. The zero-order valence-electron chi connectivity index (χ0n) is 20.6. The summed E-state index contributed by atoms with van der Waals surface area (Å²) in [6.45, 7) is 3.29. The molecule has 0 atom stereocenters. The molecule has 2 N–H and O–H groups in total. The van der Waals surface area contributed by atoms with Gasteiger partial charge in [-0.2, -0.15) is 31.9 Å². The number of aromatic hydroxyl groups is 1. The molecule has 0 unspecified atom stereocenters. The summed E-state index contributed by atoms with van der Waals surface area (Å²) in [6.07, 6.45) is 0. The first-order valence-corrected chi connectivity index (χ1v) is 13.6. The quantitative estimate of drug-likeness (QED) is 0.234. The molecular formula is C23H22N6O7S2. The molecule has 1 heterocycles. The van der Waals surface area contributed by atoms with Gasteiger partial charge < -0.3 is 10.4 Å². The predicted molar refractivity (Wildman–Crippen MR) is 137 cm³/mol. The van der Waals surface area contributed by atoms with Crippen LogP contribution in [0.2, 0.25) is 0 Å². The summed E-state index contributed by atoms with van der Waals surface area (Å²) < 4.78 is 60.1. The average Bonchev–Trinajstić information content (AvgIpc) is 2.87. The Morgan fingerprint density at radius 1 is 0.842 bits per heavy atom. The number of phenolic OH excluding ortho intramolecular Hbond substituents is 1. The van der Waals surface area contributed by atoms with Crippen LogP contribution in [0, 0.1) is 13.8 Å². The standard InChI is InChI=1S/C23H22N6O7S2/c1-13-24-14(2)26-23(25-13)27-18-12-17(37(31,32)35-3)10-15-11-19(38(33,34)36-4)21(22(30)20(15)18)29-28-16-8-6-5-7-9-16/h5-12,30H,1-4H3,(H,24,25,26,27). The van der Waals surface area contributed by atoms with Crippen LogP contribution < -0.4 is 5.32 Å². The molecule has 4 aromatic rings. The molecule has 0 spiro atoms. The first-order chi connectivity index (χ1) is 17.9. The lowest BCUT2D eigenvalue weighted by atomic mass is 10.1. The molecule has 15 heteroatoms. The lowest BCUT2D eigenvalue weighted by Crippen LogP contribution is -2.07. The summed E-state index contributed by atoms with van der Waals surface area (Å²) in [5.74, 6) is 0.230. The van der Waals surface area contributed by atoms with Gasteiger partial charge >= 0.3 is 0 Å². The third kappa shape index (κ3) is 5.45. The van der Waals surface area contributed by atoms with Gasteiger partial charge in [-0.25, -0.2) is 4.98 Å². The van der Waals surface area contributed by atoms with Crippen molar-refractivity contribution in [2.75, 3.05) is 19.5 Å². The van der Waals surface area contributed by atoms with E-state index in [0.717, 1.165) is 26.4 Å². The van der Waals surface area contributed by atoms with Crippen LogP contribution in [0.15, 0.2) is 68.6 Å². The molecule has 0 saturated heterocycles. The van der Waals surface area contributed by atoms with E-state index in [1.165, 1.54) is 6.07 Å². The number of hydrogen-bond donors (Lipinski definition) is 2. The van der Waals surface area contributed by atoms with Gasteiger partial charge in [-0.3, -0.25) is 8.37 Å². The van der Waals surface area contributed by atoms with Crippen LogP contribution in [-0.4, -0.2) is 51.1 Å². The SMILES string of the molecule is COS(=O)(=O)c1cc(Nc2nc(C)nc(C)n2)c2c(O)c(N=Nc3ccccc3)c(S(=O)(=O)OC)cc2c1. The van der Waals surface area contributed by atoms with E-state index < -0.39 is 36.6 Å². The Bertz CT molecular complexity index is 1760. The highest BCUT2D eigenvalue weighted by Gasteiger charge is 2.27. The van der Waals surface area contributed by atoms with Gasteiger partial charge in [0, 0.05) is 5.39 Å². The Kier molecular flexibility index (Phi) is 7.37. The van der Waals surface area contributed by atoms with E-state index in [9.17, 15) is 21.9 Å². The van der Waals surface area contributed by atoms with Gasteiger partial charge in [-0.05, 0) is 49.6 Å². The first-order valence-electron chi connectivity index (χ1n) is 10.8. The number of nitrogens with one attached hydrogen (secondary N) is 1. The number of nitrogens with zero attached hydrogens (tertiary/aromatic N) is 5. The zero-order valence-corrected chi connectivity index (χ0v) is 22.2. The molecule has 0 fully saturated rings. The molecule has 0 amide bonds. The second kappa shape index (κ2) is 10.4. The molecule has 0 bridgehead atoms. The summed E-state index contributed by atoms with van der Waals surface area (Å²) in [7, 11) is -6.75. The summed E-state index contributed by atoms with van der Waals surface area (Å²) in [5, 5.41) is 22.3. The molecule has 0 aliphatic carbocycles. The van der Waals surface area contributed by atoms with Gasteiger partial charge in [-0.1, -0.05) is 18.2 Å². The number of phenols is 1. The molecule has 13 nitrogen and oxygen atoms in total. The maximum Gasteiger partial charge on any atom is 0.299 e. The number of aryl methyl sites for hydroxylation is 2. The lowest BCUT2D eigenvalue weighted by Gasteiger charge is -2.16. The molecule has 0 saturated carbocycles. The van der Waals surface area contributed by atoms with E-state index in [2.05, 4.69) is 38.9 Å². The molecule has 1 aromatic heterocycles. The van der Waals surface area contributed by atoms with Crippen LogP contribution in [0.5, 0.6) is 5.75 Å². The predicted octanol–water partition coefficient (Wildman–Crippen LogP) is 4.18. The molecule has 0 radical (unpaired) electrons. The van der Waals surface area contributed by atoms with Gasteiger partial charge in [0.1, 0.15) is 22.2 Å². The lowest BCUT2D eigenvalue weighted by molar-refractivity contribution is 0.397. The van der Waals surface area contributed by atoms with Gasteiger partial charge in [0.25, 0.3) is 20.2 Å². The van der Waals surface area contributed by atoms with Crippen LogP contribution in [0.25, 0.3) is 10.8 Å². The Balaban J connectivity index is 2.07. The number of aromatic nitrogens is 3. The highest BCUT2D eigenvalue weighted by atomic mass is 32.2. The van der Waals surface area contributed by atoms with E-state index in [1.807, 2.05) is 0 Å². The van der Waals surface area contributed by atoms with Gasteiger partial charge in [-0.15, -0.1) is 5.11 Å². The monoisotopic (exact) mass is 558 g/mol. The van der Waals surface area contributed by atoms with Gasteiger partial charge in [0.05, 0.1) is 30.5 Å². The zero-order chi connectivity index (χ0) is 27.7. The fraction of sp³-hybridized carbons (Fsp3) is 0.174. The van der Waals surface area contributed by atoms with E-state index in [4.69, 9.17) is 0 Å². The van der Waals surface area contributed by atoms with E-state index in [0.29, 0.717) is 17.3 Å². The highest BCUT2D eigenvalue weighted by Crippen LogP contribution is 2.46. The van der Waals surface area contributed by atoms with Crippen molar-refractivity contribution in [3.8, 4) is 5.75 Å². The van der Waals surface area contributed by atoms with E-state index in [-0.39, 0.29) is 27.3 Å². The molecule has 4 rings (SSSR count). The molecular weight excluding hydrogens is 536 g/mol.